The van der Waals surface area contributed by atoms with Crippen LogP contribution in [0.5, 0.6) is 0 Å². The summed E-state index contributed by atoms with van der Waals surface area (Å²) in [6.07, 6.45) is 1.45. The Hall–Kier alpha value is -0.850. The first-order chi connectivity index (χ1) is 8.69. The molecular weight excluding hydrogens is 302 g/mol. The molecule has 5 nitrogen and oxygen atoms in total. The van der Waals surface area contributed by atoms with Crippen molar-refractivity contribution in [3.63, 3.8) is 0 Å². The van der Waals surface area contributed by atoms with E-state index in [1.165, 1.54) is 0 Å². The van der Waals surface area contributed by atoms with Crippen LogP contribution in [-0.2, 0) is 9.47 Å². The first-order valence-corrected chi connectivity index (χ1v) is 6.80. The predicted molar refractivity (Wildman–Crippen MR) is 66.2 cm³/mol. The van der Waals surface area contributed by atoms with Gasteiger partial charge in [0.1, 0.15) is 0 Å². The lowest BCUT2D eigenvalue weighted by Gasteiger charge is -2.37. The van der Waals surface area contributed by atoms with Crippen LogP contribution >= 0.6 is 15.9 Å². The molecule has 0 atom stereocenters. The molecule has 0 aromatic carbocycles. The first-order valence-electron chi connectivity index (χ1n) is 6.01. The molecule has 0 saturated carbocycles. The number of halogens is 1. The molecule has 98 valence electrons. The van der Waals surface area contributed by atoms with Gasteiger partial charge in [-0.25, -0.2) is 0 Å². The summed E-state index contributed by atoms with van der Waals surface area (Å²) in [5, 5.41) is 0. The molecule has 1 amide bonds. The van der Waals surface area contributed by atoms with E-state index >= 15 is 0 Å². The van der Waals surface area contributed by atoms with Crippen LogP contribution in [0.3, 0.4) is 0 Å². The number of rotatable bonds is 1. The highest BCUT2D eigenvalue weighted by atomic mass is 79.9. The van der Waals surface area contributed by atoms with Crippen molar-refractivity contribution in [2.24, 2.45) is 0 Å². The van der Waals surface area contributed by atoms with E-state index in [-0.39, 0.29) is 5.91 Å². The van der Waals surface area contributed by atoms with E-state index in [2.05, 4.69) is 15.9 Å². The molecule has 0 N–H and O–H groups in total. The van der Waals surface area contributed by atoms with E-state index in [1.54, 1.807) is 17.0 Å². The fourth-order valence-electron chi connectivity index (χ4n) is 2.42. The maximum Gasteiger partial charge on any atom is 0.289 e. The SMILES string of the molecule is O=C(c1ccc(Br)o1)N1CCC2(CC1)OCCO2. The third kappa shape index (κ3) is 2.20. The summed E-state index contributed by atoms with van der Waals surface area (Å²) in [5.74, 6) is -0.153. The Bertz CT molecular complexity index is 443. The van der Waals surface area contributed by atoms with Gasteiger partial charge in [0.05, 0.1) is 13.2 Å². The van der Waals surface area contributed by atoms with Crippen molar-refractivity contribution in [3.05, 3.63) is 22.6 Å². The van der Waals surface area contributed by atoms with Gasteiger partial charge in [-0.05, 0) is 28.1 Å². The molecule has 1 aromatic rings. The highest BCUT2D eigenvalue weighted by Crippen LogP contribution is 2.31. The molecular formula is C12H14BrNO4. The third-order valence-corrected chi connectivity index (χ3v) is 3.84. The molecule has 6 heteroatoms. The Morgan fingerprint density at radius 3 is 2.44 bits per heavy atom. The van der Waals surface area contributed by atoms with Crippen LogP contribution < -0.4 is 0 Å². The number of likely N-dealkylation sites (tertiary alicyclic amines) is 1. The standard InChI is InChI=1S/C12H14BrNO4/c13-10-2-1-9(18-10)11(15)14-5-3-12(4-6-14)16-7-8-17-12/h1-2H,3-8H2. The molecule has 1 spiro atoms. The van der Waals surface area contributed by atoms with E-state index in [9.17, 15) is 4.79 Å². The number of hydrogen-bond donors (Lipinski definition) is 0. The average Bonchev–Trinajstić information content (AvgIpc) is 3.00. The number of carbonyl (C=O) groups is 1. The monoisotopic (exact) mass is 315 g/mol. The van der Waals surface area contributed by atoms with Crippen molar-refractivity contribution in [3.8, 4) is 0 Å². The van der Waals surface area contributed by atoms with Crippen molar-refractivity contribution in [1.29, 1.82) is 0 Å². The Balaban J connectivity index is 1.64. The largest absolute Gasteiger partial charge is 0.444 e. The van der Waals surface area contributed by atoms with Gasteiger partial charge in [-0.3, -0.25) is 4.79 Å². The quantitative estimate of drug-likeness (QED) is 0.795. The van der Waals surface area contributed by atoms with Crippen LogP contribution in [0.25, 0.3) is 0 Å². The van der Waals surface area contributed by atoms with Crippen molar-refractivity contribution in [2.75, 3.05) is 26.3 Å². The fourth-order valence-corrected chi connectivity index (χ4v) is 2.73. The summed E-state index contributed by atoms with van der Waals surface area (Å²) >= 11 is 3.20. The Morgan fingerprint density at radius 2 is 1.89 bits per heavy atom. The van der Waals surface area contributed by atoms with Gasteiger partial charge in [0, 0.05) is 25.9 Å². The summed E-state index contributed by atoms with van der Waals surface area (Å²) in [6.45, 7) is 2.58. The Labute approximate surface area is 113 Å². The van der Waals surface area contributed by atoms with Crippen molar-refractivity contribution >= 4 is 21.8 Å². The van der Waals surface area contributed by atoms with Crippen molar-refractivity contribution in [2.45, 2.75) is 18.6 Å². The molecule has 0 bridgehead atoms. The molecule has 2 aliphatic rings. The highest BCUT2D eigenvalue weighted by Gasteiger charge is 2.41. The summed E-state index contributed by atoms with van der Waals surface area (Å²) in [4.78, 5) is 13.9. The number of piperidine rings is 1. The number of ether oxygens (including phenoxy) is 2. The minimum atomic E-state index is -0.444. The summed E-state index contributed by atoms with van der Waals surface area (Å²) in [6, 6.07) is 3.40. The smallest absolute Gasteiger partial charge is 0.289 e. The van der Waals surface area contributed by atoms with E-state index in [0.717, 1.165) is 12.8 Å². The molecule has 2 fully saturated rings. The number of amides is 1. The molecule has 2 saturated heterocycles. The van der Waals surface area contributed by atoms with Crippen LogP contribution in [0.1, 0.15) is 23.4 Å². The van der Waals surface area contributed by atoms with E-state index in [4.69, 9.17) is 13.9 Å². The number of furan rings is 1. The number of carbonyl (C=O) groups excluding carboxylic acids is 1. The van der Waals surface area contributed by atoms with Crippen LogP contribution in [0.15, 0.2) is 21.2 Å². The molecule has 1 aromatic heterocycles. The zero-order valence-corrected chi connectivity index (χ0v) is 11.4. The normalized spacial score (nSPS) is 22.6. The van der Waals surface area contributed by atoms with Gasteiger partial charge < -0.3 is 18.8 Å². The van der Waals surface area contributed by atoms with Crippen LogP contribution in [0, 0.1) is 0 Å². The lowest BCUT2D eigenvalue weighted by atomic mass is 10.0. The van der Waals surface area contributed by atoms with Gasteiger partial charge in [0.2, 0.25) is 0 Å². The summed E-state index contributed by atoms with van der Waals surface area (Å²) < 4.78 is 17.1. The predicted octanol–water partition coefficient (Wildman–Crippen LogP) is 2.02. The van der Waals surface area contributed by atoms with Gasteiger partial charge in [0.25, 0.3) is 5.91 Å². The molecule has 0 radical (unpaired) electrons. The third-order valence-electron chi connectivity index (χ3n) is 3.41. The molecule has 0 unspecified atom stereocenters. The zero-order valence-electron chi connectivity index (χ0n) is 9.86. The number of hydrogen-bond acceptors (Lipinski definition) is 4. The van der Waals surface area contributed by atoms with Crippen LogP contribution in [0.4, 0.5) is 0 Å². The van der Waals surface area contributed by atoms with E-state index in [1.807, 2.05) is 0 Å². The number of nitrogens with zero attached hydrogens (tertiary/aromatic N) is 1. The minimum Gasteiger partial charge on any atom is -0.444 e. The van der Waals surface area contributed by atoms with Gasteiger partial charge >= 0.3 is 0 Å². The molecule has 0 aliphatic carbocycles. The highest BCUT2D eigenvalue weighted by molar-refractivity contribution is 9.10. The summed E-state index contributed by atoms with van der Waals surface area (Å²) in [7, 11) is 0. The van der Waals surface area contributed by atoms with Crippen LogP contribution in [-0.4, -0.2) is 42.9 Å². The average molecular weight is 316 g/mol. The zero-order chi connectivity index (χ0) is 12.6. The molecule has 2 aliphatic heterocycles. The minimum absolute atomic E-state index is 0.0754. The molecule has 18 heavy (non-hydrogen) atoms. The first kappa shape index (κ1) is 12.2. The lowest BCUT2D eigenvalue weighted by molar-refractivity contribution is -0.181. The second-order valence-electron chi connectivity index (χ2n) is 4.50. The maximum atomic E-state index is 12.1. The Kier molecular flexibility index (Phi) is 3.17. The summed E-state index contributed by atoms with van der Waals surface area (Å²) in [5.41, 5.74) is 0. The fraction of sp³-hybridized carbons (Fsp3) is 0.583. The molecule has 3 rings (SSSR count). The Morgan fingerprint density at radius 1 is 1.22 bits per heavy atom. The van der Waals surface area contributed by atoms with Crippen molar-refractivity contribution < 1.29 is 18.7 Å². The lowest BCUT2D eigenvalue weighted by Crippen LogP contribution is -2.47. The van der Waals surface area contributed by atoms with Gasteiger partial charge in [-0.2, -0.15) is 0 Å². The molecule has 3 heterocycles. The van der Waals surface area contributed by atoms with Gasteiger partial charge in [-0.15, -0.1) is 0 Å². The van der Waals surface area contributed by atoms with E-state index in [0.29, 0.717) is 36.7 Å². The van der Waals surface area contributed by atoms with Gasteiger partial charge in [-0.1, -0.05) is 0 Å². The van der Waals surface area contributed by atoms with E-state index < -0.39 is 5.79 Å². The maximum absolute atomic E-state index is 12.1. The van der Waals surface area contributed by atoms with Gasteiger partial charge in [0.15, 0.2) is 16.2 Å². The second-order valence-corrected chi connectivity index (χ2v) is 5.29. The second kappa shape index (κ2) is 4.68. The van der Waals surface area contributed by atoms with Crippen LogP contribution in [0.2, 0.25) is 0 Å². The van der Waals surface area contributed by atoms with Crippen molar-refractivity contribution in [1.82, 2.24) is 4.90 Å². The topological polar surface area (TPSA) is 51.9 Å².